The predicted molar refractivity (Wildman–Crippen MR) is 117 cm³/mol. The van der Waals surface area contributed by atoms with Gasteiger partial charge in [0, 0.05) is 19.0 Å². The summed E-state index contributed by atoms with van der Waals surface area (Å²) in [7, 11) is 1.02. The Hall–Kier alpha value is -3.32. The second-order valence-corrected chi connectivity index (χ2v) is 8.39. The number of pyridine rings is 1. The van der Waals surface area contributed by atoms with Gasteiger partial charge in [-0.25, -0.2) is 0 Å². The highest BCUT2D eigenvalue weighted by Gasteiger charge is 2.53. The maximum absolute atomic E-state index is 13.5. The van der Waals surface area contributed by atoms with Crippen molar-refractivity contribution in [3.8, 4) is 6.07 Å². The summed E-state index contributed by atoms with van der Waals surface area (Å²) in [5, 5.41) is 17.6. The van der Waals surface area contributed by atoms with Gasteiger partial charge in [-0.1, -0.05) is 25.0 Å². The lowest BCUT2D eigenvalue weighted by Gasteiger charge is -2.31. The van der Waals surface area contributed by atoms with Crippen molar-refractivity contribution in [3.63, 3.8) is 0 Å². The minimum Gasteiger partial charge on any atom is -0.364 e. The van der Waals surface area contributed by atoms with Crippen LogP contribution in [0.25, 0.3) is 10.9 Å². The number of anilines is 2. The molecule has 7 nitrogen and oxygen atoms in total. The number of nitriles is 1. The van der Waals surface area contributed by atoms with Crippen molar-refractivity contribution in [2.75, 3.05) is 12.4 Å². The summed E-state index contributed by atoms with van der Waals surface area (Å²) in [6, 6.07) is 9.58. The number of fused-ring (bicyclic) bond motifs is 1. The van der Waals surface area contributed by atoms with Crippen LogP contribution >= 0.6 is 0 Å². The Balaban J connectivity index is 1.72. The lowest BCUT2D eigenvalue weighted by Crippen LogP contribution is -2.41. The first-order valence-electron chi connectivity index (χ1n) is 10.7. The number of aromatic nitrogens is 3. The van der Waals surface area contributed by atoms with Crippen molar-refractivity contribution in [1.82, 2.24) is 14.8 Å². The molecule has 3 atom stereocenters. The van der Waals surface area contributed by atoms with Gasteiger partial charge in [0.15, 0.2) is 11.4 Å². The molecule has 0 amide bonds. The van der Waals surface area contributed by atoms with E-state index in [1.54, 1.807) is 10.7 Å². The van der Waals surface area contributed by atoms with E-state index in [0.29, 0.717) is 16.6 Å². The molecule has 4 rings (SSSR count). The number of ether oxygens (including phenoxy) is 1. The SMILES string of the molecule is COC(C)(c1ccc(Nc2nn([C@H]3CCCC[C@@H]3C#N)c3cc[nH]c(=O)c23)cc1)C(F)(F)F. The van der Waals surface area contributed by atoms with Gasteiger partial charge in [0.2, 0.25) is 0 Å². The van der Waals surface area contributed by atoms with E-state index in [9.17, 15) is 23.2 Å². The summed E-state index contributed by atoms with van der Waals surface area (Å²) in [5.41, 5.74) is -1.75. The van der Waals surface area contributed by atoms with Crippen molar-refractivity contribution < 1.29 is 17.9 Å². The molecule has 1 aliphatic carbocycles. The number of nitrogens with one attached hydrogen (secondary N) is 2. The van der Waals surface area contributed by atoms with Crippen molar-refractivity contribution in [2.45, 2.75) is 50.4 Å². The van der Waals surface area contributed by atoms with Crippen LogP contribution in [0.2, 0.25) is 0 Å². The number of alkyl halides is 3. The third-order valence-electron chi connectivity index (χ3n) is 6.49. The monoisotopic (exact) mass is 459 g/mol. The van der Waals surface area contributed by atoms with E-state index in [1.165, 1.54) is 30.5 Å². The Labute approximate surface area is 188 Å². The maximum Gasteiger partial charge on any atom is 0.421 e. The quantitative estimate of drug-likeness (QED) is 0.550. The fourth-order valence-electron chi connectivity index (χ4n) is 4.40. The van der Waals surface area contributed by atoms with Crippen LogP contribution in [0, 0.1) is 17.2 Å². The van der Waals surface area contributed by atoms with Crippen molar-refractivity contribution in [2.24, 2.45) is 5.92 Å². The summed E-state index contributed by atoms with van der Waals surface area (Å²) in [5.74, 6) is 0.0783. The van der Waals surface area contributed by atoms with Gasteiger partial charge in [-0.2, -0.15) is 23.5 Å². The molecular formula is C23H24F3N5O2. The van der Waals surface area contributed by atoms with Crippen molar-refractivity contribution in [1.29, 1.82) is 5.26 Å². The number of H-pyrrole nitrogens is 1. The predicted octanol–water partition coefficient (Wildman–Crippen LogP) is 5.15. The second kappa shape index (κ2) is 8.56. The molecule has 1 aliphatic rings. The largest absolute Gasteiger partial charge is 0.421 e. The van der Waals surface area contributed by atoms with Gasteiger partial charge in [0.1, 0.15) is 5.39 Å². The first-order valence-corrected chi connectivity index (χ1v) is 10.7. The van der Waals surface area contributed by atoms with E-state index in [4.69, 9.17) is 4.74 Å². The molecule has 2 aromatic heterocycles. The molecule has 0 saturated heterocycles. The average molecular weight is 459 g/mol. The van der Waals surface area contributed by atoms with Crippen LogP contribution in [0.15, 0.2) is 41.3 Å². The van der Waals surface area contributed by atoms with Gasteiger partial charge in [0.25, 0.3) is 5.56 Å². The van der Waals surface area contributed by atoms with Crippen LogP contribution < -0.4 is 10.9 Å². The number of methoxy groups -OCH3 is 1. The molecule has 33 heavy (non-hydrogen) atoms. The summed E-state index contributed by atoms with van der Waals surface area (Å²) < 4.78 is 47.0. The highest BCUT2D eigenvalue weighted by molar-refractivity contribution is 5.91. The molecule has 1 unspecified atom stereocenters. The first kappa shape index (κ1) is 22.9. The van der Waals surface area contributed by atoms with Crippen LogP contribution in [-0.4, -0.2) is 28.1 Å². The number of benzene rings is 1. The molecule has 174 valence electrons. The van der Waals surface area contributed by atoms with Gasteiger partial charge >= 0.3 is 6.18 Å². The molecule has 1 fully saturated rings. The van der Waals surface area contributed by atoms with Gasteiger partial charge < -0.3 is 15.0 Å². The van der Waals surface area contributed by atoms with Crippen LogP contribution in [-0.2, 0) is 10.3 Å². The van der Waals surface area contributed by atoms with Gasteiger partial charge in [-0.15, -0.1) is 0 Å². The molecule has 0 aliphatic heterocycles. The number of rotatable bonds is 5. The molecular weight excluding hydrogens is 435 g/mol. The molecule has 2 N–H and O–H groups in total. The molecule has 3 aromatic rings. The normalized spacial score (nSPS) is 20.8. The summed E-state index contributed by atoms with van der Waals surface area (Å²) in [4.78, 5) is 15.3. The lowest BCUT2D eigenvalue weighted by molar-refractivity contribution is -0.269. The molecule has 1 aromatic carbocycles. The zero-order valence-electron chi connectivity index (χ0n) is 18.2. The Morgan fingerprint density at radius 2 is 1.91 bits per heavy atom. The molecule has 1 saturated carbocycles. The topological polar surface area (TPSA) is 95.7 Å². The summed E-state index contributed by atoms with van der Waals surface area (Å²) >= 11 is 0. The van der Waals surface area contributed by atoms with E-state index in [-0.39, 0.29) is 28.9 Å². The average Bonchev–Trinajstić information content (AvgIpc) is 3.17. The van der Waals surface area contributed by atoms with Crippen molar-refractivity contribution in [3.05, 3.63) is 52.4 Å². The number of nitrogens with zero attached hydrogens (tertiary/aromatic N) is 3. The van der Waals surface area contributed by atoms with E-state index in [0.717, 1.165) is 39.7 Å². The van der Waals surface area contributed by atoms with Gasteiger partial charge in [0.05, 0.1) is 23.5 Å². The third-order valence-corrected chi connectivity index (χ3v) is 6.49. The Morgan fingerprint density at radius 3 is 2.55 bits per heavy atom. The van der Waals surface area contributed by atoms with Crippen molar-refractivity contribution >= 4 is 22.4 Å². The lowest BCUT2D eigenvalue weighted by atomic mass is 9.85. The Morgan fingerprint density at radius 1 is 1.21 bits per heavy atom. The molecule has 0 bridgehead atoms. The van der Waals surface area contributed by atoms with Crippen LogP contribution in [0.4, 0.5) is 24.7 Å². The highest BCUT2D eigenvalue weighted by Crippen LogP contribution is 2.42. The number of hydrogen-bond donors (Lipinski definition) is 2. The summed E-state index contributed by atoms with van der Waals surface area (Å²) in [6.07, 6.45) is 0.445. The van der Waals surface area contributed by atoms with Crippen LogP contribution in [0.5, 0.6) is 0 Å². The van der Waals surface area contributed by atoms with Gasteiger partial charge in [-0.05, 0) is 43.5 Å². The molecule has 2 heterocycles. The minimum atomic E-state index is -4.59. The summed E-state index contributed by atoms with van der Waals surface area (Å²) in [6.45, 7) is 0.972. The van der Waals surface area contributed by atoms with E-state index < -0.39 is 11.8 Å². The Kier molecular flexibility index (Phi) is 5.93. The third kappa shape index (κ3) is 3.97. The number of hydrogen-bond acceptors (Lipinski definition) is 5. The zero-order chi connectivity index (χ0) is 23.8. The van der Waals surface area contributed by atoms with Gasteiger partial charge in [-0.3, -0.25) is 9.48 Å². The van der Waals surface area contributed by atoms with E-state index in [2.05, 4.69) is 21.5 Å². The minimum absolute atomic E-state index is 0.0460. The fourth-order valence-corrected chi connectivity index (χ4v) is 4.40. The zero-order valence-corrected chi connectivity index (χ0v) is 18.2. The first-order chi connectivity index (χ1) is 15.7. The van der Waals surface area contributed by atoms with E-state index in [1.807, 2.05) is 0 Å². The van der Waals surface area contributed by atoms with Crippen LogP contribution in [0.3, 0.4) is 0 Å². The maximum atomic E-state index is 13.5. The smallest absolute Gasteiger partial charge is 0.364 e. The second-order valence-electron chi connectivity index (χ2n) is 8.39. The molecule has 0 spiro atoms. The molecule has 10 heteroatoms. The van der Waals surface area contributed by atoms with Crippen LogP contribution in [0.1, 0.15) is 44.2 Å². The number of aromatic amines is 1. The van der Waals surface area contributed by atoms with E-state index >= 15 is 0 Å². The standard InChI is InChI=1S/C23H24F3N5O2/c1-22(33-2,23(24,25)26)15-7-9-16(10-8-15)29-20-19-18(11-12-28-21(19)32)31(30-20)17-6-4-3-5-14(17)13-27/h7-12,14,17H,3-6H2,1-2H3,(H,28,32)(H,29,30)/t14-,17+,22?/m1/s1. The highest BCUT2D eigenvalue weighted by atomic mass is 19.4. The Bertz CT molecular complexity index is 1240. The number of halogens is 3. The fraction of sp³-hybridized carbons (Fsp3) is 0.435. The molecule has 0 radical (unpaired) electrons.